The second-order valence-corrected chi connectivity index (χ2v) is 6.98. The first-order valence-electron chi connectivity index (χ1n) is 7.77. The normalized spacial score (nSPS) is 48.7. The molecule has 5 nitrogen and oxygen atoms in total. The number of carboxylic acids is 1. The van der Waals surface area contributed by atoms with Crippen molar-refractivity contribution in [3.8, 4) is 0 Å². The molecular weight excluding hydrogens is 258 g/mol. The SMILES string of the molecule is O=C(O)[C@@H]1C[C@@H]1[C@@H]1C[C@@H]1NC(=O)[C@]12CCC[C@H]1OCC2. The Hall–Kier alpha value is -1.10. The molecule has 6 atom stereocenters. The smallest absolute Gasteiger partial charge is 0.306 e. The first-order valence-corrected chi connectivity index (χ1v) is 7.77. The van der Waals surface area contributed by atoms with Crippen LogP contribution >= 0.6 is 0 Å². The molecule has 110 valence electrons. The molecule has 0 aromatic heterocycles. The summed E-state index contributed by atoms with van der Waals surface area (Å²) in [6.07, 6.45) is 5.75. The molecule has 1 amide bonds. The van der Waals surface area contributed by atoms with E-state index in [0.717, 1.165) is 38.5 Å². The Morgan fingerprint density at radius 3 is 2.80 bits per heavy atom. The summed E-state index contributed by atoms with van der Waals surface area (Å²) in [6.45, 7) is 0.704. The molecule has 1 aliphatic heterocycles. The minimum Gasteiger partial charge on any atom is -0.481 e. The first kappa shape index (κ1) is 12.6. The summed E-state index contributed by atoms with van der Waals surface area (Å²) in [5.41, 5.74) is -0.275. The fraction of sp³-hybridized carbons (Fsp3) is 0.867. The summed E-state index contributed by atoms with van der Waals surface area (Å²) < 4.78 is 5.70. The second-order valence-electron chi connectivity index (χ2n) is 6.98. The predicted molar refractivity (Wildman–Crippen MR) is 69.9 cm³/mol. The maximum absolute atomic E-state index is 12.6. The van der Waals surface area contributed by atoms with E-state index >= 15 is 0 Å². The van der Waals surface area contributed by atoms with Crippen molar-refractivity contribution in [2.45, 2.75) is 50.7 Å². The highest BCUT2D eigenvalue weighted by Gasteiger charge is 2.59. The summed E-state index contributed by atoms with van der Waals surface area (Å²) in [6, 6.07) is 0.216. The second kappa shape index (κ2) is 4.20. The zero-order valence-electron chi connectivity index (χ0n) is 11.5. The lowest BCUT2D eigenvalue weighted by atomic mass is 9.82. The molecule has 0 radical (unpaired) electrons. The van der Waals surface area contributed by atoms with Crippen molar-refractivity contribution in [3.05, 3.63) is 0 Å². The maximum Gasteiger partial charge on any atom is 0.306 e. The number of carbonyl (C=O) groups is 2. The molecule has 1 saturated heterocycles. The molecule has 3 saturated carbocycles. The third kappa shape index (κ3) is 1.79. The van der Waals surface area contributed by atoms with Gasteiger partial charge in [-0.2, -0.15) is 0 Å². The van der Waals surface area contributed by atoms with Crippen molar-refractivity contribution >= 4 is 11.9 Å². The van der Waals surface area contributed by atoms with Crippen LogP contribution in [0.5, 0.6) is 0 Å². The van der Waals surface area contributed by atoms with Gasteiger partial charge in [0.15, 0.2) is 0 Å². The van der Waals surface area contributed by atoms with Crippen LogP contribution in [0.1, 0.15) is 38.5 Å². The van der Waals surface area contributed by atoms with Crippen LogP contribution in [-0.4, -0.2) is 35.7 Å². The van der Waals surface area contributed by atoms with Gasteiger partial charge in [0.1, 0.15) is 0 Å². The third-order valence-corrected chi connectivity index (χ3v) is 5.89. The van der Waals surface area contributed by atoms with Crippen LogP contribution in [0.15, 0.2) is 0 Å². The van der Waals surface area contributed by atoms with Gasteiger partial charge in [-0.3, -0.25) is 9.59 Å². The quantitative estimate of drug-likeness (QED) is 0.810. The number of fused-ring (bicyclic) bond motifs is 1. The van der Waals surface area contributed by atoms with E-state index in [4.69, 9.17) is 9.84 Å². The number of amides is 1. The zero-order valence-corrected chi connectivity index (χ0v) is 11.5. The highest BCUT2D eigenvalue weighted by Crippen LogP contribution is 2.55. The van der Waals surface area contributed by atoms with Crippen molar-refractivity contribution in [2.75, 3.05) is 6.61 Å². The summed E-state index contributed by atoms with van der Waals surface area (Å²) in [4.78, 5) is 23.5. The van der Waals surface area contributed by atoms with E-state index in [2.05, 4.69) is 5.32 Å². The van der Waals surface area contributed by atoms with E-state index in [9.17, 15) is 9.59 Å². The molecule has 0 aromatic rings. The number of carboxylic acid groups (broad SMARTS) is 1. The van der Waals surface area contributed by atoms with Gasteiger partial charge in [0.2, 0.25) is 5.91 Å². The largest absolute Gasteiger partial charge is 0.481 e. The van der Waals surface area contributed by atoms with Crippen LogP contribution in [0, 0.1) is 23.2 Å². The van der Waals surface area contributed by atoms with Crippen LogP contribution in [0.2, 0.25) is 0 Å². The fourth-order valence-electron chi connectivity index (χ4n) is 4.46. The molecule has 0 aromatic carbocycles. The third-order valence-electron chi connectivity index (χ3n) is 5.89. The van der Waals surface area contributed by atoms with E-state index in [-0.39, 0.29) is 29.4 Å². The monoisotopic (exact) mass is 279 g/mol. The highest BCUT2D eigenvalue weighted by atomic mass is 16.5. The van der Waals surface area contributed by atoms with Gasteiger partial charge in [-0.15, -0.1) is 0 Å². The minimum absolute atomic E-state index is 0.118. The van der Waals surface area contributed by atoms with Crippen LogP contribution in [0.25, 0.3) is 0 Å². The number of rotatable bonds is 4. The van der Waals surface area contributed by atoms with Gasteiger partial charge in [-0.1, -0.05) is 0 Å². The average Bonchev–Trinajstić information content (AvgIpc) is 3.23. The minimum atomic E-state index is -0.675. The number of carbonyl (C=O) groups excluding carboxylic acids is 1. The molecule has 4 fully saturated rings. The molecule has 0 bridgehead atoms. The summed E-state index contributed by atoms with van der Waals surface area (Å²) in [5, 5.41) is 12.1. The number of hydrogen-bond donors (Lipinski definition) is 2. The molecule has 0 unspecified atom stereocenters. The standard InChI is InChI=1S/C15H21NO4/c17-13(18)10-6-8(10)9-7-11(9)16-14(19)15-3-1-2-12(15)20-5-4-15/h8-12H,1-7H2,(H,16,19)(H,17,18)/t8-,9+,10-,11+,12-,15+/m1/s1. The van der Waals surface area contributed by atoms with Crippen molar-refractivity contribution in [1.82, 2.24) is 5.32 Å². The molecule has 2 N–H and O–H groups in total. The Balaban J connectivity index is 1.35. The summed E-state index contributed by atoms with van der Waals surface area (Å²) in [7, 11) is 0. The molecule has 5 heteroatoms. The fourth-order valence-corrected chi connectivity index (χ4v) is 4.46. The van der Waals surface area contributed by atoms with Crippen molar-refractivity contribution in [1.29, 1.82) is 0 Å². The van der Waals surface area contributed by atoms with E-state index in [1.54, 1.807) is 0 Å². The van der Waals surface area contributed by atoms with Gasteiger partial charge in [-0.05, 0) is 50.4 Å². The molecule has 4 rings (SSSR count). The molecular formula is C15H21NO4. The van der Waals surface area contributed by atoms with Crippen LogP contribution in [-0.2, 0) is 14.3 Å². The first-order chi connectivity index (χ1) is 9.62. The lowest BCUT2D eigenvalue weighted by Gasteiger charge is -2.26. The van der Waals surface area contributed by atoms with Crippen molar-refractivity contribution < 1.29 is 19.4 Å². The number of nitrogens with one attached hydrogen (secondary N) is 1. The molecule has 20 heavy (non-hydrogen) atoms. The molecule has 1 heterocycles. The van der Waals surface area contributed by atoms with E-state index in [0.29, 0.717) is 18.4 Å². The predicted octanol–water partition coefficient (Wildman–Crippen LogP) is 1.17. The van der Waals surface area contributed by atoms with Gasteiger partial charge in [0.25, 0.3) is 0 Å². The number of ether oxygens (including phenoxy) is 1. The van der Waals surface area contributed by atoms with E-state index < -0.39 is 5.97 Å². The van der Waals surface area contributed by atoms with Gasteiger partial charge >= 0.3 is 5.97 Å². The lowest BCUT2D eigenvalue weighted by molar-refractivity contribution is -0.138. The Morgan fingerprint density at radius 1 is 1.20 bits per heavy atom. The molecule has 0 spiro atoms. The number of hydrogen-bond acceptors (Lipinski definition) is 3. The Kier molecular flexibility index (Phi) is 2.65. The Bertz CT molecular complexity index is 453. The van der Waals surface area contributed by atoms with Gasteiger partial charge in [0.05, 0.1) is 17.4 Å². The van der Waals surface area contributed by atoms with Crippen LogP contribution in [0.3, 0.4) is 0 Å². The highest BCUT2D eigenvalue weighted by molar-refractivity contribution is 5.84. The average molecular weight is 279 g/mol. The zero-order chi connectivity index (χ0) is 13.9. The molecule has 4 aliphatic rings. The van der Waals surface area contributed by atoms with Crippen LogP contribution < -0.4 is 5.32 Å². The number of aliphatic carboxylic acids is 1. The topological polar surface area (TPSA) is 75.6 Å². The summed E-state index contributed by atoms with van der Waals surface area (Å²) in [5.74, 6) is 0.0328. The van der Waals surface area contributed by atoms with Gasteiger partial charge in [0, 0.05) is 12.6 Å². The van der Waals surface area contributed by atoms with Crippen LogP contribution in [0.4, 0.5) is 0 Å². The summed E-state index contributed by atoms with van der Waals surface area (Å²) >= 11 is 0. The Morgan fingerprint density at radius 2 is 2.05 bits per heavy atom. The Labute approximate surface area is 118 Å². The van der Waals surface area contributed by atoms with E-state index in [1.165, 1.54) is 0 Å². The maximum atomic E-state index is 12.6. The van der Waals surface area contributed by atoms with E-state index in [1.807, 2.05) is 0 Å². The van der Waals surface area contributed by atoms with Gasteiger partial charge < -0.3 is 15.2 Å². The lowest BCUT2D eigenvalue weighted by Crippen LogP contribution is -2.44. The van der Waals surface area contributed by atoms with Crippen molar-refractivity contribution in [3.63, 3.8) is 0 Å². The molecule has 3 aliphatic carbocycles. The van der Waals surface area contributed by atoms with Gasteiger partial charge in [-0.25, -0.2) is 0 Å². The van der Waals surface area contributed by atoms with Crippen molar-refractivity contribution in [2.24, 2.45) is 23.2 Å².